The van der Waals surface area contributed by atoms with Crippen LogP contribution in [0.3, 0.4) is 0 Å². The van der Waals surface area contributed by atoms with Crippen molar-refractivity contribution in [2.75, 3.05) is 0 Å². The number of rotatable bonds is 3. The summed E-state index contributed by atoms with van der Waals surface area (Å²) in [6, 6.07) is 4.10. The molecule has 2 rings (SSSR count). The van der Waals surface area contributed by atoms with Crippen molar-refractivity contribution in [3.05, 3.63) is 46.8 Å². The largest absolute Gasteiger partial charge is 0.478 e. The zero-order valence-corrected chi connectivity index (χ0v) is 11.0. The lowest BCUT2D eigenvalue weighted by atomic mass is 10.1. The van der Waals surface area contributed by atoms with E-state index in [1.807, 2.05) is 26.8 Å². The summed E-state index contributed by atoms with van der Waals surface area (Å²) >= 11 is 0. The number of carboxylic acids is 1. The lowest BCUT2D eigenvalue weighted by Crippen LogP contribution is -2.00. The zero-order chi connectivity index (χ0) is 14.0. The third-order valence-electron chi connectivity index (χ3n) is 2.84. The zero-order valence-electron chi connectivity index (χ0n) is 11.0. The summed E-state index contributed by atoms with van der Waals surface area (Å²) in [4.78, 5) is 18.5. The molecule has 1 N–H and O–H groups in total. The van der Waals surface area contributed by atoms with Crippen molar-refractivity contribution >= 4 is 5.97 Å². The molecule has 0 fully saturated rings. The van der Waals surface area contributed by atoms with Crippen LogP contribution in [0.25, 0.3) is 0 Å². The second kappa shape index (κ2) is 5.06. The molecule has 0 radical (unpaired) electrons. The molecule has 1 aromatic heterocycles. The molecule has 0 aliphatic heterocycles. The Bertz CT molecular complexity index is 621. The Morgan fingerprint density at radius 2 is 1.79 bits per heavy atom. The maximum atomic E-state index is 10.7. The predicted molar refractivity (Wildman–Crippen MR) is 69.7 cm³/mol. The van der Waals surface area contributed by atoms with E-state index in [0.717, 1.165) is 16.7 Å². The smallest absolute Gasteiger partial charge is 0.338 e. The first-order valence-corrected chi connectivity index (χ1v) is 5.78. The molecule has 19 heavy (non-hydrogen) atoms. The van der Waals surface area contributed by atoms with Crippen LogP contribution in [0.2, 0.25) is 0 Å². The molecule has 5 nitrogen and oxygen atoms in total. The Hall–Kier alpha value is -2.43. The number of carbonyl (C=O) groups is 1. The van der Waals surface area contributed by atoms with E-state index >= 15 is 0 Å². The van der Waals surface area contributed by atoms with Crippen LogP contribution in [-0.2, 0) is 0 Å². The highest BCUT2D eigenvalue weighted by Gasteiger charge is 2.09. The number of carboxylic acid groups (broad SMARTS) is 1. The average molecular weight is 258 g/mol. The normalized spacial score (nSPS) is 10.3. The molecular weight excluding hydrogens is 244 g/mol. The molecule has 1 aromatic carbocycles. The molecule has 98 valence electrons. The molecule has 0 saturated heterocycles. The Labute approximate surface area is 110 Å². The highest BCUT2D eigenvalue weighted by Crippen LogP contribution is 2.26. The van der Waals surface area contributed by atoms with Gasteiger partial charge >= 0.3 is 12.0 Å². The number of aromatic nitrogens is 2. The number of hydrogen-bond acceptors (Lipinski definition) is 4. The summed E-state index contributed by atoms with van der Waals surface area (Å²) in [6.45, 7) is 5.94. The van der Waals surface area contributed by atoms with Gasteiger partial charge in [0.2, 0.25) is 0 Å². The molecule has 0 amide bonds. The Morgan fingerprint density at radius 1 is 1.16 bits per heavy atom. The summed E-state index contributed by atoms with van der Waals surface area (Å²) in [5.74, 6) is -0.380. The summed E-state index contributed by atoms with van der Waals surface area (Å²) in [6.07, 6.45) is 2.45. The van der Waals surface area contributed by atoms with Crippen LogP contribution in [0.5, 0.6) is 11.8 Å². The lowest BCUT2D eigenvalue weighted by molar-refractivity contribution is 0.0696. The second-order valence-corrected chi connectivity index (χ2v) is 4.37. The van der Waals surface area contributed by atoms with Gasteiger partial charge in [-0.15, -0.1) is 0 Å². The van der Waals surface area contributed by atoms with Crippen molar-refractivity contribution in [1.82, 2.24) is 9.97 Å². The van der Waals surface area contributed by atoms with Crippen molar-refractivity contribution < 1.29 is 14.6 Å². The van der Waals surface area contributed by atoms with E-state index in [9.17, 15) is 4.79 Å². The summed E-state index contributed by atoms with van der Waals surface area (Å²) in [5, 5.41) is 8.76. The van der Waals surface area contributed by atoms with Crippen LogP contribution in [0, 0.1) is 20.8 Å². The second-order valence-electron chi connectivity index (χ2n) is 4.37. The molecule has 2 aromatic rings. The van der Waals surface area contributed by atoms with Crippen LogP contribution in [0.1, 0.15) is 27.0 Å². The minimum Gasteiger partial charge on any atom is -0.478 e. The van der Waals surface area contributed by atoms with Crippen molar-refractivity contribution in [2.45, 2.75) is 20.8 Å². The molecule has 0 aliphatic carbocycles. The third kappa shape index (κ3) is 2.88. The SMILES string of the molecule is Cc1cc(C)c(C)c(Oc2ncc(C(=O)O)cn2)c1. The maximum absolute atomic E-state index is 10.7. The number of ether oxygens (including phenoxy) is 1. The summed E-state index contributed by atoms with van der Waals surface area (Å²) in [5.41, 5.74) is 3.25. The number of aromatic carboxylic acids is 1. The molecule has 0 bridgehead atoms. The van der Waals surface area contributed by atoms with Crippen LogP contribution >= 0.6 is 0 Å². The molecule has 5 heteroatoms. The van der Waals surface area contributed by atoms with E-state index < -0.39 is 5.97 Å². The Kier molecular flexibility index (Phi) is 3.46. The number of benzene rings is 1. The van der Waals surface area contributed by atoms with E-state index in [-0.39, 0.29) is 11.6 Å². The van der Waals surface area contributed by atoms with Gasteiger partial charge in [0.1, 0.15) is 5.75 Å². The Balaban J connectivity index is 2.28. The monoisotopic (exact) mass is 258 g/mol. The number of hydrogen-bond donors (Lipinski definition) is 1. The van der Waals surface area contributed by atoms with Gasteiger partial charge in [0.25, 0.3) is 0 Å². The van der Waals surface area contributed by atoms with Crippen molar-refractivity contribution in [1.29, 1.82) is 0 Å². The standard InChI is InChI=1S/C14H14N2O3/c1-8-4-9(2)10(3)12(5-8)19-14-15-6-11(7-16-14)13(17)18/h4-7H,1-3H3,(H,17,18). The van der Waals surface area contributed by atoms with E-state index in [1.54, 1.807) is 0 Å². The first-order chi connectivity index (χ1) is 8.97. The Morgan fingerprint density at radius 3 is 2.37 bits per heavy atom. The van der Waals surface area contributed by atoms with Crippen LogP contribution < -0.4 is 4.74 Å². The van der Waals surface area contributed by atoms with Gasteiger partial charge in [0, 0.05) is 12.4 Å². The van der Waals surface area contributed by atoms with Crippen molar-refractivity contribution in [3.63, 3.8) is 0 Å². The molecule has 1 heterocycles. The molecule has 0 atom stereocenters. The van der Waals surface area contributed by atoms with Crippen molar-refractivity contribution in [2.24, 2.45) is 0 Å². The minimum absolute atomic E-state index is 0.0319. The summed E-state index contributed by atoms with van der Waals surface area (Å²) < 4.78 is 5.59. The first kappa shape index (κ1) is 13.0. The van der Waals surface area contributed by atoms with Gasteiger partial charge in [-0.05, 0) is 43.5 Å². The molecule has 0 saturated carbocycles. The fourth-order valence-corrected chi connectivity index (χ4v) is 1.68. The highest BCUT2D eigenvalue weighted by molar-refractivity contribution is 5.86. The fourth-order valence-electron chi connectivity index (χ4n) is 1.68. The molecule has 0 spiro atoms. The lowest BCUT2D eigenvalue weighted by Gasteiger charge is -2.10. The number of nitrogens with zero attached hydrogens (tertiary/aromatic N) is 2. The van der Waals surface area contributed by atoms with Gasteiger partial charge in [-0.2, -0.15) is 0 Å². The van der Waals surface area contributed by atoms with Crippen molar-refractivity contribution in [3.8, 4) is 11.8 Å². The highest BCUT2D eigenvalue weighted by atomic mass is 16.5. The number of aryl methyl sites for hydroxylation is 2. The van der Waals surface area contributed by atoms with Gasteiger partial charge in [0.15, 0.2) is 0 Å². The predicted octanol–water partition coefficient (Wildman–Crippen LogP) is 2.89. The van der Waals surface area contributed by atoms with E-state index in [0.29, 0.717) is 5.75 Å². The van der Waals surface area contributed by atoms with E-state index in [2.05, 4.69) is 16.0 Å². The van der Waals surface area contributed by atoms with Crippen LogP contribution in [0.15, 0.2) is 24.5 Å². The average Bonchev–Trinajstić information content (AvgIpc) is 2.36. The quantitative estimate of drug-likeness (QED) is 0.916. The maximum Gasteiger partial charge on any atom is 0.338 e. The van der Waals surface area contributed by atoms with Crippen LogP contribution in [-0.4, -0.2) is 21.0 Å². The van der Waals surface area contributed by atoms with E-state index in [1.165, 1.54) is 12.4 Å². The van der Waals surface area contributed by atoms with Gasteiger partial charge in [-0.3, -0.25) is 0 Å². The van der Waals surface area contributed by atoms with Gasteiger partial charge in [-0.25, -0.2) is 14.8 Å². The molecule has 0 aliphatic rings. The van der Waals surface area contributed by atoms with Gasteiger partial charge in [0.05, 0.1) is 5.56 Å². The fraction of sp³-hybridized carbons (Fsp3) is 0.214. The third-order valence-corrected chi connectivity index (χ3v) is 2.84. The molecular formula is C14H14N2O3. The molecule has 0 unspecified atom stereocenters. The first-order valence-electron chi connectivity index (χ1n) is 5.78. The minimum atomic E-state index is -1.06. The van der Waals surface area contributed by atoms with Crippen LogP contribution in [0.4, 0.5) is 0 Å². The van der Waals surface area contributed by atoms with Gasteiger partial charge in [-0.1, -0.05) is 6.07 Å². The van der Waals surface area contributed by atoms with Gasteiger partial charge < -0.3 is 9.84 Å². The summed E-state index contributed by atoms with van der Waals surface area (Å²) in [7, 11) is 0. The topological polar surface area (TPSA) is 72.3 Å². The van der Waals surface area contributed by atoms with E-state index in [4.69, 9.17) is 9.84 Å².